The monoisotopic (exact) mass is 327 g/mol. The van der Waals surface area contributed by atoms with Crippen molar-refractivity contribution in [3.8, 4) is 5.75 Å². The Kier molecular flexibility index (Phi) is 5.28. The molecule has 1 aromatic heterocycles. The van der Waals surface area contributed by atoms with E-state index in [1.54, 1.807) is 17.3 Å². The lowest BCUT2D eigenvalue weighted by Crippen LogP contribution is -2.46. The molecule has 0 spiro atoms. The van der Waals surface area contributed by atoms with Crippen LogP contribution < -0.4 is 10.1 Å². The molecule has 1 fully saturated rings. The summed E-state index contributed by atoms with van der Waals surface area (Å²) in [6.07, 6.45) is 3.58. The molecule has 1 saturated heterocycles. The number of amides is 2. The number of urea groups is 1. The molecular formula is C18H21N3O3. The Bertz CT molecular complexity index is 661. The summed E-state index contributed by atoms with van der Waals surface area (Å²) >= 11 is 0. The van der Waals surface area contributed by atoms with Crippen molar-refractivity contribution in [2.24, 2.45) is 0 Å². The van der Waals surface area contributed by atoms with Gasteiger partial charge < -0.3 is 19.7 Å². The number of carbonyl (C=O) groups excluding carboxylic acids is 1. The lowest BCUT2D eigenvalue weighted by atomic mass is 10.3. The highest BCUT2D eigenvalue weighted by Crippen LogP contribution is 2.18. The second-order valence-electron chi connectivity index (χ2n) is 5.73. The Morgan fingerprint density at radius 2 is 2.21 bits per heavy atom. The van der Waals surface area contributed by atoms with Crippen molar-refractivity contribution in [1.82, 2.24) is 9.88 Å². The van der Waals surface area contributed by atoms with Crippen LogP contribution in [0.4, 0.5) is 10.5 Å². The molecule has 1 atom stereocenters. The van der Waals surface area contributed by atoms with Crippen molar-refractivity contribution >= 4 is 11.7 Å². The zero-order valence-corrected chi connectivity index (χ0v) is 13.6. The first-order valence-corrected chi connectivity index (χ1v) is 8.00. The molecule has 2 heterocycles. The zero-order chi connectivity index (χ0) is 16.8. The molecule has 1 unspecified atom stereocenters. The van der Waals surface area contributed by atoms with Gasteiger partial charge in [-0.25, -0.2) is 4.79 Å². The summed E-state index contributed by atoms with van der Waals surface area (Å²) < 4.78 is 11.1. The lowest BCUT2D eigenvalue weighted by molar-refractivity contribution is -0.00138. The molecule has 2 aromatic rings. The molecule has 0 saturated carbocycles. The van der Waals surface area contributed by atoms with E-state index < -0.39 is 0 Å². The van der Waals surface area contributed by atoms with Gasteiger partial charge in [0.1, 0.15) is 12.4 Å². The molecule has 0 radical (unpaired) electrons. The lowest BCUT2D eigenvalue weighted by Gasteiger charge is -2.31. The van der Waals surface area contributed by atoms with Gasteiger partial charge in [-0.05, 0) is 37.3 Å². The second kappa shape index (κ2) is 7.79. The zero-order valence-electron chi connectivity index (χ0n) is 13.6. The second-order valence-corrected chi connectivity index (χ2v) is 5.73. The van der Waals surface area contributed by atoms with Gasteiger partial charge in [-0.1, -0.05) is 6.07 Å². The van der Waals surface area contributed by atoms with Crippen LogP contribution in [0.5, 0.6) is 5.75 Å². The van der Waals surface area contributed by atoms with Gasteiger partial charge in [-0.15, -0.1) is 0 Å². The smallest absolute Gasteiger partial charge is 0.322 e. The number of benzene rings is 1. The number of rotatable bonds is 4. The summed E-state index contributed by atoms with van der Waals surface area (Å²) in [5, 5.41) is 2.90. The number of nitrogens with zero attached hydrogens (tertiary/aromatic N) is 2. The maximum atomic E-state index is 12.2. The summed E-state index contributed by atoms with van der Waals surface area (Å²) in [7, 11) is 0. The number of anilines is 1. The van der Waals surface area contributed by atoms with Gasteiger partial charge >= 0.3 is 6.03 Å². The molecule has 1 aromatic carbocycles. The van der Waals surface area contributed by atoms with Crippen LogP contribution in [0.15, 0.2) is 48.8 Å². The first kappa shape index (κ1) is 16.3. The molecule has 126 valence electrons. The highest BCUT2D eigenvalue weighted by molar-refractivity contribution is 5.89. The van der Waals surface area contributed by atoms with E-state index in [1.165, 1.54) is 0 Å². The van der Waals surface area contributed by atoms with Crippen molar-refractivity contribution in [3.05, 3.63) is 54.4 Å². The molecule has 3 rings (SSSR count). The molecule has 1 N–H and O–H groups in total. The van der Waals surface area contributed by atoms with E-state index in [0.717, 1.165) is 17.0 Å². The van der Waals surface area contributed by atoms with Gasteiger partial charge in [0, 0.05) is 36.7 Å². The van der Waals surface area contributed by atoms with Crippen LogP contribution in [0.1, 0.15) is 12.5 Å². The maximum Gasteiger partial charge on any atom is 0.322 e. The van der Waals surface area contributed by atoms with Crippen LogP contribution in [0.25, 0.3) is 0 Å². The first-order chi connectivity index (χ1) is 11.7. The number of aromatic nitrogens is 1. The summed E-state index contributed by atoms with van der Waals surface area (Å²) in [6, 6.07) is 11.1. The van der Waals surface area contributed by atoms with Gasteiger partial charge in [0.05, 0.1) is 12.7 Å². The summed E-state index contributed by atoms with van der Waals surface area (Å²) in [5.74, 6) is 0.747. The average molecular weight is 327 g/mol. The van der Waals surface area contributed by atoms with E-state index in [1.807, 2.05) is 43.3 Å². The standard InChI is InChI=1S/C18H21N3O3/c1-14-12-21(9-10-23-14)18(22)20-16-4-6-17(7-5-16)24-13-15-3-2-8-19-11-15/h2-8,11,14H,9-10,12-13H2,1H3,(H,20,22). The minimum atomic E-state index is -0.103. The Morgan fingerprint density at radius 3 is 2.92 bits per heavy atom. The minimum absolute atomic E-state index is 0.0766. The van der Waals surface area contributed by atoms with Gasteiger partial charge in [-0.2, -0.15) is 0 Å². The summed E-state index contributed by atoms with van der Waals surface area (Å²) in [5.41, 5.74) is 1.75. The molecule has 0 aliphatic carbocycles. The van der Waals surface area contributed by atoms with Crippen LogP contribution in [0.2, 0.25) is 0 Å². The maximum absolute atomic E-state index is 12.2. The van der Waals surface area contributed by atoms with Crippen LogP contribution in [-0.4, -0.2) is 41.7 Å². The molecule has 1 aliphatic rings. The molecule has 0 bridgehead atoms. The van der Waals surface area contributed by atoms with Crippen molar-refractivity contribution < 1.29 is 14.3 Å². The SMILES string of the molecule is CC1CN(C(=O)Nc2ccc(OCc3cccnc3)cc2)CCO1. The summed E-state index contributed by atoms with van der Waals surface area (Å²) in [6.45, 7) is 4.23. The average Bonchev–Trinajstić information content (AvgIpc) is 2.62. The van der Waals surface area contributed by atoms with E-state index in [2.05, 4.69) is 10.3 Å². The molecule has 6 heteroatoms. The van der Waals surface area contributed by atoms with Crippen LogP contribution >= 0.6 is 0 Å². The number of ether oxygens (including phenoxy) is 2. The largest absolute Gasteiger partial charge is 0.489 e. The third-order valence-electron chi connectivity index (χ3n) is 3.76. The van der Waals surface area contributed by atoms with Gasteiger partial charge in [0.15, 0.2) is 0 Å². The van der Waals surface area contributed by atoms with Crippen LogP contribution in [0.3, 0.4) is 0 Å². The number of morpholine rings is 1. The first-order valence-electron chi connectivity index (χ1n) is 8.00. The number of hydrogen-bond acceptors (Lipinski definition) is 4. The van der Waals surface area contributed by atoms with Crippen molar-refractivity contribution in [2.75, 3.05) is 25.0 Å². The minimum Gasteiger partial charge on any atom is -0.489 e. The fourth-order valence-electron chi connectivity index (χ4n) is 2.49. The Hall–Kier alpha value is -2.60. The third-order valence-corrected chi connectivity index (χ3v) is 3.76. The summed E-state index contributed by atoms with van der Waals surface area (Å²) in [4.78, 5) is 18.0. The molecule has 1 aliphatic heterocycles. The number of nitrogens with one attached hydrogen (secondary N) is 1. The highest BCUT2D eigenvalue weighted by Gasteiger charge is 2.21. The number of carbonyl (C=O) groups is 1. The van der Waals surface area contributed by atoms with Crippen molar-refractivity contribution in [1.29, 1.82) is 0 Å². The van der Waals surface area contributed by atoms with E-state index in [0.29, 0.717) is 26.3 Å². The molecule has 6 nitrogen and oxygen atoms in total. The normalized spacial score (nSPS) is 17.4. The highest BCUT2D eigenvalue weighted by atomic mass is 16.5. The molecular weight excluding hydrogens is 306 g/mol. The van der Waals surface area contributed by atoms with Gasteiger partial charge in [0.25, 0.3) is 0 Å². The van der Waals surface area contributed by atoms with E-state index in [-0.39, 0.29) is 12.1 Å². The fraction of sp³-hybridized carbons (Fsp3) is 0.333. The van der Waals surface area contributed by atoms with E-state index in [9.17, 15) is 4.79 Å². The third kappa shape index (κ3) is 4.45. The Morgan fingerprint density at radius 1 is 1.38 bits per heavy atom. The van der Waals surface area contributed by atoms with Gasteiger partial charge in [-0.3, -0.25) is 4.98 Å². The van der Waals surface area contributed by atoms with E-state index >= 15 is 0 Å². The van der Waals surface area contributed by atoms with Crippen molar-refractivity contribution in [2.45, 2.75) is 19.6 Å². The van der Waals surface area contributed by atoms with Crippen molar-refractivity contribution in [3.63, 3.8) is 0 Å². The number of pyridine rings is 1. The van der Waals surface area contributed by atoms with Crippen LogP contribution in [-0.2, 0) is 11.3 Å². The Labute approximate surface area is 141 Å². The van der Waals surface area contributed by atoms with Crippen LogP contribution in [0, 0.1) is 0 Å². The molecule has 2 amide bonds. The van der Waals surface area contributed by atoms with E-state index in [4.69, 9.17) is 9.47 Å². The fourth-order valence-corrected chi connectivity index (χ4v) is 2.49. The van der Waals surface area contributed by atoms with Gasteiger partial charge in [0.2, 0.25) is 0 Å². The predicted molar refractivity (Wildman–Crippen MR) is 91.0 cm³/mol. The topological polar surface area (TPSA) is 63.7 Å². The number of hydrogen-bond donors (Lipinski definition) is 1. The quantitative estimate of drug-likeness (QED) is 0.938. The molecule has 24 heavy (non-hydrogen) atoms. The Balaban J connectivity index is 1.51. The predicted octanol–water partition coefficient (Wildman–Crippen LogP) is 2.91.